The lowest BCUT2D eigenvalue weighted by Gasteiger charge is -2.23. The molecule has 1 unspecified atom stereocenters. The number of rotatable bonds is 5. The lowest BCUT2D eigenvalue weighted by Crippen LogP contribution is -2.37. The van der Waals surface area contributed by atoms with Crippen molar-refractivity contribution >= 4 is 0 Å². The first-order valence-electron chi connectivity index (χ1n) is 7.37. The lowest BCUT2D eigenvalue weighted by molar-refractivity contribution is 0.0273. The highest BCUT2D eigenvalue weighted by molar-refractivity contribution is 5.26. The summed E-state index contributed by atoms with van der Waals surface area (Å²) in [6.45, 7) is 4.57. The highest BCUT2D eigenvalue weighted by Crippen LogP contribution is 2.25. The highest BCUT2D eigenvalue weighted by atomic mass is 16.5. The standard InChI is InChI=1S/C15H21N5O2/c1-12-7-14(22-2)8-13(17-12)9-19-5-3-15(21,10-19)11-20-6-4-16-18-20/h4,6-8,21H,3,5,9-11H2,1-2H3. The molecule has 2 aromatic rings. The van der Waals surface area contributed by atoms with E-state index in [9.17, 15) is 5.11 Å². The molecular weight excluding hydrogens is 282 g/mol. The van der Waals surface area contributed by atoms with Gasteiger partial charge in [0.2, 0.25) is 0 Å². The van der Waals surface area contributed by atoms with Gasteiger partial charge in [0.05, 0.1) is 31.1 Å². The van der Waals surface area contributed by atoms with Crippen molar-refractivity contribution in [3.05, 3.63) is 35.9 Å². The molecule has 1 aliphatic heterocycles. The van der Waals surface area contributed by atoms with E-state index in [4.69, 9.17) is 4.74 Å². The minimum Gasteiger partial charge on any atom is -0.497 e. The van der Waals surface area contributed by atoms with Crippen molar-refractivity contribution in [2.75, 3.05) is 20.2 Å². The minimum absolute atomic E-state index is 0.466. The van der Waals surface area contributed by atoms with Gasteiger partial charge in [-0.1, -0.05) is 5.21 Å². The van der Waals surface area contributed by atoms with E-state index < -0.39 is 5.60 Å². The molecule has 1 fully saturated rings. The Labute approximate surface area is 129 Å². The van der Waals surface area contributed by atoms with Gasteiger partial charge in [0.1, 0.15) is 5.75 Å². The fourth-order valence-corrected chi connectivity index (χ4v) is 2.95. The number of aryl methyl sites for hydroxylation is 1. The summed E-state index contributed by atoms with van der Waals surface area (Å²) in [6, 6.07) is 3.86. The maximum atomic E-state index is 10.7. The van der Waals surface area contributed by atoms with Crippen LogP contribution in [0.3, 0.4) is 0 Å². The molecule has 118 valence electrons. The van der Waals surface area contributed by atoms with Gasteiger partial charge in [-0.05, 0) is 13.3 Å². The summed E-state index contributed by atoms with van der Waals surface area (Å²) in [4.78, 5) is 6.74. The molecule has 0 radical (unpaired) electrons. The third-order valence-electron chi connectivity index (χ3n) is 3.94. The number of likely N-dealkylation sites (tertiary alicyclic amines) is 1. The van der Waals surface area contributed by atoms with Gasteiger partial charge in [-0.15, -0.1) is 5.10 Å². The molecule has 2 aromatic heterocycles. The van der Waals surface area contributed by atoms with E-state index in [1.807, 2.05) is 19.1 Å². The molecule has 1 N–H and O–H groups in total. The second kappa shape index (κ2) is 6.02. The van der Waals surface area contributed by atoms with Crippen LogP contribution in [-0.4, -0.2) is 55.8 Å². The predicted octanol–water partition coefficient (Wildman–Crippen LogP) is 0.627. The number of nitrogens with zero attached hydrogens (tertiary/aromatic N) is 5. The van der Waals surface area contributed by atoms with Crippen molar-refractivity contribution in [2.24, 2.45) is 0 Å². The third kappa shape index (κ3) is 3.42. The minimum atomic E-state index is -0.762. The van der Waals surface area contributed by atoms with Gasteiger partial charge < -0.3 is 9.84 Å². The number of hydrogen-bond donors (Lipinski definition) is 1. The smallest absolute Gasteiger partial charge is 0.122 e. The SMILES string of the molecule is COc1cc(C)nc(CN2CCC(O)(Cn3ccnn3)C2)c1. The molecule has 0 bridgehead atoms. The van der Waals surface area contributed by atoms with E-state index in [1.54, 1.807) is 24.2 Å². The van der Waals surface area contributed by atoms with Gasteiger partial charge in [0, 0.05) is 43.7 Å². The first-order chi connectivity index (χ1) is 10.6. The number of pyridine rings is 1. The first-order valence-corrected chi connectivity index (χ1v) is 7.37. The zero-order valence-corrected chi connectivity index (χ0v) is 12.9. The van der Waals surface area contributed by atoms with Crippen LogP contribution in [0.15, 0.2) is 24.5 Å². The fourth-order valence-electron chi connectivity index (χ4n) is 2.95. The molecular formula is C15H21N5O2. The molecule has 1 aliphatic rings. The molecule has 3 heterocycles. The van der Waals surface area contributed by atoms with Gasteiger partial charge in [-0.2, -0.15) is 0 Å². The van der Waals surface area contributed by atoms with Crippen LogP contribution in [0.2, 0.25) is 0 Å². The largest absolute Gasteiger partial charge is 0.497 e. The van der Waals surface area contributed by atoms with Crippen molar-refractivity contribution in [1.82, 2.24) is 24.9 Å². The van der Waals surface area contributed by atoms with Gasteiger partial charge in [-0.25, -0.2) is 4.68 Å². The summed E-state index contributed by atoms with van der Waals surface area (Å²) >= 11 is 0. The van der Waals surface area contributed by atoms with Gasteiger partial charge in [0.15, 0.2) is 0 Å². The zero-order valence-electron chi connectivity index (χ0n) is 12.9. The Kier molecular flexibility index (Phi) is 4.08. The number of hydrogen-bond acceptors (Lipinski definition) is 6. The number of ether oxygens (including phenoxy) is 1. The van der Waals surface area contributed by atoms with Crippen LogP contribution >= 0.6 is 0 Å². The second-order valence-corrected chi connectivity index (χ2v) is 5.93. The molecule has 0 amide bonds. The summed E-state index contributed by atoms with van der Waals surface area (Å²) in [5.41, 5.74) is 1.13. The number of methoxy groups -OCH3 is 1. The first kappa shape index (κ1) is 14.9. The average Bonchev–Trinajstić information content (AvgIpc) is 3.09. The van der Waals surface area contributed by atoms with Crippen molar-refractivity contribution in [1.29, 1.82) is 0 Å². The van der Waals surface area contributed by atoms with Gasteiger partial charge >= 0.3 is 0 Å². The van der Waals surface area contributed by atoms with Crippen LogP contribution < -0.4 is 4.74 Å². The fraction of sp³-hybridized carbons (Fsp3) is 0.533. The molecule has 0 spiro atoms. The molecule has 1 saturated heterocycles. The maximum Gasteiger partial charge on any atom is 0.122 e. The number of β-amino-alcohol motifs (C(OH)–C–C–N with tert-alkyl or cyclic N) is 1. The molecule has 3 rings (SSSR count). The molecule has 1 atom stereocenters. The highest BCUT2D eigenvalue weighted by Gasteiger charge is 2.36. The third-order valence-corrected chi connectivity index (χ3v) is 3.94. The Balaban J connectivity index is 1.64. The van der Waals surface area contributed by atoms with E-state index in [2.05, 4.69) is 20.2 Å². The summed E-state index contributed by atoms with van der Waals surface area (Å²) in [6.07, 6.45) is 4.11. The lowest BCUT2D eigenvalue weighted by atomic mass is 10.0. The molecule has 7 heteroatoms. The van der Waals surface area contributed by atoms with Crippen LogP contribution in [0.1, 0.15) is 17.8 Å². The van der Waals surface area contributed by atoms with E-state index in [0.717, 1.165) is 30.1 Å². The Hall–Kier alpha value is -1.99. The van der Waals surface area contributed by atoms with E-state index in [-0.39, 0.29) is 0 Å². The second-order valence-electron chi connectivity index (χ2n) is 5.93. The Morgan fingerprint density at radius 1 is 1.41 bits per heavy atom. The number of aromatic nitrogens is 4. The summed E-state index contributed by atoms with van der Waals surface area (Å²) in [7, 11) is 1.66. The van der Waals surface area contributed by atoms with E-state index in [1.165, 1.54) is 0 Å². The molecule has 0 saturated carbocycles. The van der Waals surface area contributed by atoms with E-state index >= 15 is 0 Å². The van der Waals surface area contributed by atoms with Crippen LogP contribution in [0, 0.1) is 6.92 Å². The Bertz CT molecular complexity index is 631. The molecule has 22 heavy (non-hydrogen) atoms. The summed E-state index contributed by atoms with van der Waals surface area (Å²) in [5.74, 6) is 0.819. The predicted molar refractivity (Wildman–Crippen MR) is 80.4 cm³/mol. The maximum absolute atomic E-state index is 10.7. The number of aliphatic hydroxyl groups is 1. The Morgan fingerprint density at radius 2 is 2.27 bits per heavy atom. The van der Waals surface area contributed by atoms with Gasteiger partial charge in [0.25, 0.3) is 0 Å². The topological polar surface area (TPSA) is 76.3 Å². The Morgan fingerprint density at radius 3 is 3.00 bits per heavy atom. The summed E-state index contributed by atoms with van der Waals surface area (Å²) < 4.78 is 6.96. The van der Waals surface area contributed by atoms with Gasteiger partial charge in [-0.3, -0.25) is 9.88 Å². The molecule has 7 nitrogen and oxygen atoms in total. The quantitative estimate of drug-likeness (QED) is 0.873. The van der Waals surface area contributed by atoms with E-state index in [0.29, 0.717) is 19.6 Å². The van der Waals surface area contributed by atoms with Crippen molar-refractivity contribution in [3.63, 3.8) is 0 Å². The average molecular weight is 303 g/mol. The van der Waals surface area contributed by atoms with Crippen LogP contribution in [0.4, 0.5) is 0 Å². The zero-order chi connectivity index (χ0) is 15.6. The molecule has 0 aliphatic carbocycles. The van der Waals surface area contributed by atoms with Crippen LogP contribution in [-0.2, 0) is 13.1 Å². The normalized spacial score (nSPS) is 22.1. The van der Waals surface area contributed by atoms with Crippen LogP contribution in [0.5, 0.6) is 5.75 Å². The van der Waals surface area contributed by atoms with Crippen molar-refractivity contribution < 1.29 is 9.84 Å². The van der Waals surface area contributed by atoms with Crippen LogP contribution in [0.25, 0.3) is 0 Å². The monoisotopic (exact) mass is 303 g/mol. The molecule has 0 aromatic carbocycles. The van der Waals surface area contributed by atoms with Crippen molar-refractivity contribution in [3.8, 4) is 5.75 Å². The van der Waals surface area contributed by atoms with Crippen molar-refractivity contribution in [2.45, 2.75) is 32.0 Å². The summed E-state index contributed by atoms with van der Waals surface area (Å²) in [5, 5.41) is 18.4.